The van der Waals surface area contributed by atoms with E-state index in [1.807, 2.05) is 31.2 Å². The molecule has 0 N–H and O–H groups in total. The summed E-state index contributed by atoms with van der Waals surface area (Å²) in [6.45, 7) is 1.97. The fraction of sp³-hybridized carbons (Fsp3) is 0.125. The first kappa shape index (κ1) is 14.8. The average Bonchev–Trinajstić information content (AvgIpc) is 2.88. The zero-order valence-electron chi connectivity index (χ0n) is 11.8. The van der Waals surface area contributed by atoms with E-state index in [0.29, 0.717) is 22.0 Å². The van der Waals surface area contributed by atoms with Gasteiger partial charge in [-0.2, -0.15) is 0 Å². The molecule has 0 unspecified atom stereocenters. The van der Waals surface area contributed by atoms with Gasteiger partial charge in [0.05, 0.1) is 11.3 Å². The van der Waals surface area contributed by atoms with Gasteiger partial charge in [-0.3, -0.25) is 4.79 Å². The van der Waals surface area contributed by atoms with Crippen LogP contribution in [0.5, 0.6) is 0 Å². The van der Waals surface area contributed by atoms with Crippen molar-refractivity contribution in [3.8, 4) is 0 Å². The first-order valence-corrected chi connectivity index (χ1v) is 7.83. The molecule has 0 aliphatic carbocycles. The SMILES string of the molecule is Cc1sc(C(=O)c2cncnc2)nc1Cc1cccc(Cl)c1. The Balaban J connectivity index is 1.86. The molecule has 3 aromatic rings. The van der Waals surface area contributed by atoms with Gasteiger partial charge in [-0.05, 0) is 24.6 Å². The Hall–Kier alpha value is -2.11. The lowest BCUT2D eigenvalue weighted by molar-refractivity contribution is 0.103. The van der Waals surface area contributed by atoms with Crippen LogP contribution in [0.2, 0.25) is 5.02 Å². The van der Waals surface area contributed by atoms with E-state index in [2.05, 4.69) is 15.0 Å². The third kappa shape index (κ3) is 3.21. The largest absolute Gasteiger partial charge is 0.286 e. The maximum Gasteiger partial charge on any atom is 0.224 e. The zero-order chi connectivity index (χ0) is 15.5. The van der Waals surface area contributed by atoms with Gasteiger partial charge >= 0.3 is 0 Å². The van der Waals surface area contributed by atoms with E-state index in [0.717, 1.165) is 16.1 Å². The highest BCUT2D eigenvalue weighted by Gasteiger charge is 2.17. The van der Waals surface area contributed by atoms with Crippen molar-refractivity contribution in [1.29, 1.82) is 0 Å². The Bertz CT molecular complexity index is 817. The predicted molar refractivity (Wildman–Crippen MR) is 86.6 cm³/mol. The summed E-state index contributed by atoms with van der Waals surface area (Å²) in [6, 6.07) is 7.65. The summed E-state index contributed by atoms with van der Waals surface area (Å²) in [4.78, 5) is 25.6. The summed E-state index contributed by atoms with van der Waals surface area (Å²) in [7, 11) is 0. The predicted octanol–water partition coefficient (Wildman–Crippen LogP) is 3.72. The molecular formula is C16H12ClN3OS. The fourth-order valence-corrected chi connectivity index (χ4v) is 3.17. The van der Waals surface area contributed by atoms with Crippen molar-refractivity contribution >= 4 is 28.7 Å². The standard InChI is InChI=1S/C16H12ClN3OS/c1-10-14(6-11-3-2-4-13(17)5-11)20-16(22-10)15(21)12-7-18-9-19-8-12/h2-5,7-9H,6H2,1H3. The number of hydrogen-bond donors (Lipinski definition) is 0. The van der Waals surface area contributed by atoms with Gasteiger partial charge < -0.3 is 0 Å². The third-order valence-corrected chi connectivity index (χ3v) is 4.42. The molecule has 0 atom stereocenters. The lowest BCUT2D eigenvalue weighted by atomic mass is 10.1. The molecule has 2 aromatic heterocycles. The lowest BCUT2D eigenvalue weighted by Gasteiger charge is -2.00. The van der Waals surface area contributed by atoms with Gasteiger partial charge in [-0.25, -0.2) is 15.0 Å². The van der Waals surface area contributed by atoms with E-state index in [4.69, 9.17) is 11.6 Å². The second-order valence-corrected chi connectivity index (χ2v) is 6.42. The van der Waals surface area contributed by atoms with E-state index in [9.17, 15) is 4.79 Å². The number of carbonyl (C=O) groups is 1. The maximum atomic E-state index is 12.4. The van der Waals surface area contributed by atoms with Crippen LogP contribution in [0.15, 0.2) is 43.0 Å². The molecule has 0 aliphatic rings. The number of benzene rings is 1. The van der Waals surface area contributed by atoms with Gasteiger partial charge in [-0.1, -0.05) is 23.7 Å². The van der Waals surface area contributed by atoms with Crippen molar-refractivity contribution < 1.29 is 4.79 Å². The van der Waals surface area contributed by atoms with Crippen LogP contribution >= 0.6 is 22.9 Å². The summed E-state index contributed by atoms with van der Waals surface area (Å²) in [6.07, 6.45) is 5.06. The Morgan fingerprint density at radius 3 is 2.77 bits per heavy atom. The highest BCUT2D eigenvalue weighted by atomic mass is 35.5. The molecule has 4 nitrogen and oxygen atoms in total. The number of ketones is 1. The second kappa shape index (κ2) is 6.34. The summed E-state index contributed by atoms with van der Waals surface area (Å²) in [5.74, 6) is -0.147. The van der Waals surface area contributed by atoms with Crippen molar-refractivity contribution in [1.82, 2.24) is 15.0 Å². The molecule has 0 spiro atoms. The highest BCUT2D eigenvalue weighted by Crippen LogP contribution is 2.23. The fourth-order valence-electron chi connectivity index (χ4n) is 2.07. The van der Waals surface area contributed by atoms with Gasteiger partial charge in [0.25, 0.3) is 0 Å². The number of aryl methyl sites for hydroxylation is 1. The van der Waals surface area contributed by atoms with Crippen LogP contribution in [0.25, 0.3) is 0 Å². The summed E-state index contributed by atoms with van der Waals surface area (Å²) in [5, 5.41) is 1.16. The molecule has 1 aromatic carbocycles. The highest BCUT2D eigenvalue weighted by molar-refractivity contribution is 7.13. The van der Waals surface area contributed by atoms with Crippen LogP contribution < -0.4 is 0 Å². The van der Waals surface area contributed by atoms with E-state index in [1.165, 1.54) is 30.1 Å². The molecular weight excluding hydrogens is 318 g/mol. The second-order valence-electron chi connectivity index (χ2n) is 4.78. The lowest BCUT2D eigenvalue weighted by Crippen LogP contribution is -2.02. The van der Waals surface area contributed by atoms with Crippen LogP contribution in [0, 0.1) is 6.92 Å². The summed E-state index contributed by atoms with van der Waals surface area (Å²) in [5.41, 5.74) is 2.42. The number of halogens is 1. The van der Waals surface area contributed by atoms with Crippen molar-refractivity contribution in [2.75, 3.05) is 0 Å². The van der Waals surface area contributed by atoms with E-state index in [-0.39, 0.29) is 5.78 Å². The molecule has 0 radical (unpaired) electrons. The molecule has 0 saturated heterocycles. The average molecular weight is 330 g/mol. The Labute approximate surface area is 136 Å². The van der Waals surface area contributed by atoms with Crippen LogP contribution in [0.3, 0.4) is 0 Å². The van der Waals surface area contributed by atoms with Gasteiger partial charge in [0.15, 0.2) is 5.01 Å². The smallest absolute Gasteiger partial charge is 0.224 e. The van der Waals surface area contributed by atoms with E-state index in [1.54, 1.807) is 0 Å². The monoisotopic (exact) mass is 329 g/mol. The minimum Gasteiger partial charge on any atom is -0.286 e. The number of nitrogens with zero attached hydrogens (tertiary/aromatic N) is 3. The number of aromatic nitrogens is 3. The Morgan fingerprint density at radius 2 is 2.05 bits per heavy atom. The molecule has 3 rings (SSSR count). The summed E-state index contributed by atoms with van der Waals surface area (Å²) < 4.78 is 0. The van der Waals surface area contributed by atoms with Crippen LogP contribution in [-0.2, 0) is 6.42 Å². The molecule has 22 heavy (non-hydrogen) atoms. The van der Waals surface area contributed by atoms with Gasteiger partial charge in [0.1, 0.15) is 6.33 Å². The number of rotatable bonds is 4. The topological polar surface area (TPSA) is 55.7 Å². The molecule has 0 fully saturated rings. The molecule has 0 aliphatic heterocycles. The first-order valence-electron chi connectivity index (χ1n) is 6.64. The van der Waals surface area contributed by atoms with Gasteiger partial charge in [0.2, 0.25) is 5.78 Å². The molecule has 0 saturated carbocycles. The minimum atomic E-state index is -0.147. The number of thiazole rings is 1. The number of hydrogen-bond acceptors (Lipinski definition) is 5. The zero-order valence-corrected chi connectivity index (χ0v) is 13.4. The number of carbonyl (C=O) groups excluding carboxylic acids is 1. The van der Waals surface area contributed by atoms with E-state index >= 15 is 0 Å². The normalized spacial score (nSPS) is 10.6. The minimum absolute atomic E-state index is 0.147. The van der Waals surface area contributed by atoms with Crippen molar-refractivity contribution in [2.24, 2.45) is 0 Å². The quantitative estimate of drug-likeness (QED) is 0.685. The van der Waals surface area contributed by atoms with Crippen LogP contribution in [-0.4, -0.2) is 20.7 Å². The molecule has 0 bridgehead atoms. The van der Waals surface area contributed by atoms with E-state index < -0.39 is 0 Å². The van der Waals surface area contributed by atoms with Gasteiger partial charge in [0, 0.05) is 28.7 Å². The molecule has 2 heterocycles. The third-order valence-electron chi connectivity index (χ3n) is 3.17. The van der Waals surface area contributed by atoms with Gasteiger partial charge in [-0.15, -0.1) is 11.3 Å². The van der Waals surface area contributed by atoms with Crippen LogP contribution in [0.1, 0.15) is 31.5 Å². The molecule has 6 heteroatoms. The Kier molecular flexibility index (Phi) is 4.27. The van der Waals surface area contributed by atoms with Crippen molar-refractivity contribution in [2.45, 2.75) is 13.3 Å². The first-order chi connectivity index (χ1) is 10.6. The van der Waals surface area contributed by atoms with Crippen molar-refractivity contribution in [3.63, 3.8) is 0 Å². The van der Waals surface area contributed by atoms with Crippen LogP contribution in [0.4, 0.5) is 0 Å². The van der Waals surface area contributed by atoms with Crippen molar-refractivity contribution in [3.05, 3.63) is 74.7 Å². The Morgan fingerprint density at radius 1 is 1.27 bits per heavy atom. The maximum absolute atomic E-state index is 12.4. The molecule has 110 valence electrons. The molecule has 0 amide bonds. The summed E-state index contributed by atoms with van der Waals surface area (Å²) >= 11 is 7.39.